The number of rotatable bonds is 10. The smallest absolute Gasteiger partial charge is 0.255 e. The molecule has 1 aliphatic heterocycles. The number of nitrogens with zero attached hydrogens (tertiary/aromatic N) is 1. The predicted octanol–water partition coefficient (Wildman–Crippen LogP) is 3.31. The van der Waals surface area contributed by atoms with E-state index in [-0.39, 0.29) is 11.9 Å². The predicted molar refractivity (Wildman–Crippen MR) is 117 cm³/mol. The van der Waals surface area contributed by atoms with Crippen LogP contribution in [0.1, 0.15) is 28.9 Å². The van der Waals surface area contributed by atoms with Crippen molar-refractivity contribution in [1.82, 2.24) is 15.6 Å². The van der Waals surface area contributed by atoms with Gasteiger partial charge in [-0.2, -0.15) is 0 Å². The minimum atomic E-state index is -0.124. The first-order chi connectivity index (χ1) is 14.0. The number of nitrogens with one attached hydrogen (secondary N) is 3. The molecule has 7 nitrogen and oxygen atoms in total. The van der Waals surface area contributed by atoms with Crippen LogP contribution in [0.25, 0.3) is 0 Å². The normalized spacial score (nSPS) is 17.8. The molecule has 2 heterocycles. The van der Waals surface area contributed by atoms with Crippen LogP contribution in [-0.4, -0.2) is 50.0 Å². The number of ether oxygens (including phenoxy) is 2. The third-order valence-electron chi connectivity index (χ3n) is 4.64. The molecule has 0 radical (unpaired) electrons. The van der Waals surface area contributed by atoms with Crippen molar-refractivity contribution in [2.24, 2.45) is 4.99 Å². The lowest BCUT2D eigenvalue weighted by molar-refractivity contribution is 0.0941. The summed E-state index contributed by atoms with van der Waals surface area (Å²) in [4.78, 5) is 20.4. The first-order valence-electron chi connectivity index (χ1n) is 9.54. The van der Waals surface area contributed by atoms with Crippen LogP contribution in [0.3, 0.4) is 0 Å². The molecule has 1 saturated heterocycles. The van der Waals surface area contributed by atoms with Gasteiger partial charge in [0, 0.05) is 36.6 Å². The molecule has 1 aliphatic rings. The zero-order chi connectivity index (χ0) is 21.2. The first kappa shape index (κ1) is 22.2. The van der Waals surface area contributed by atoms with Gasteiger partial charge in [-0.25, -0.2) is 0 Å². The van der Waals surface area contributed by atoms with Gasteiger partial charge in [0.2, 0.25) is 0 Å². The maximum atomic E-state index is 12.7. The van der Waals surface area contributed by atoms with Crippen molar-refractivity contribution in [3.8, 4) is 0 Å². The fraction of sp³-hybridized carbons (Fsp3) is 0.364. The average molecular weight is 399 g/mol. The van der Waals surface area contributed by atoms with Gasteiger partial charge in [-0.05, 0) is 38.1 Å². The van der Waals surface area contributed by atoms with Crippen molar-refractivity contribution >= 4 is 17.3 Å². The van der Waals surface area contributed by atoms with Crippen molar-refractivity contribution in [1.29, 1.82) is 0 Å². The number of methoxy groups -OCH3 is 2. The van der Waals surface area contributed by atoms with Crippen LogP contribution in [0, 0.1) is 6.92 Å². The number of aliphatic imine (C=N–C) groups is 1. The summed E-state index contributed by atoms with van der Waals surface area (Å²) >= 11 is 0. The SMILES string of the molecule is C=CC(C/C=C\C(OC)=C(/C=C)OC)=Nc1c(C(=O)NC2CCNC2)c[nH]c1C. The van der Waals surface area contributed by atoms with Gasteiger partial charge in [0.05, 0.1) is 25.5 Å². The van der Waals surface area contributed by atoms with Crippen LogP contribution >= 0.6 is 0 Å². The summed E-state index contributed by atoms with van der Waals surface area (Å²) in [6, 6.07) is 0.149. The molecule has 7 heteroatoms. The molecule has 156 valence electrons. The number of aryl methyl sites for hydroxylation is 1. The molecule has 1 amide bonds. The average Bonchev–Trinajstić information content (AvgIpc) is 3.36. The molecule has 0 aromatic carbocycles. The van der Waals surface area contributed by atoms with Gasteiger partial charge in [0.1, 0.15) is 0 Å². The Labute approximate surface area is 172 Å². The minimum Gasteiger partial charge on any atom is -0.493 e. The molecule has 0 spiro atoms. The van der Waals surface area contributed by atoms with Gasteiger partial charge in [-0.15, -0.1) is 0 Å². The number of H-pyrrole nitrogens is 1. The molecule has 1 aromatic rings. The van der Waals surface area contributed by atoms with Crippen LogP contribution < -0.4 is 10.6 Å². The molecule has 0 aliphatic carbocycles. The second-order valence-corrected chi connectivity index (χ2v) is 6.59. The fourth-order valence-electron chi connectivity index (χ4n) is 3.02. The highest BCUT2D eigenvalue weighted by atomic mass is 16.5. The number of allylic oxidation sites excluding steroid dienone is 4. The highest BCUT2D eigenvalue weighted by Gasteiger charge is 2.21. The van der Waals surface area contributed by atoms with E-state index < -0.39 is 0 Å². The summed E-state index contributed by atoms with van der Waals surface area (Å²) in [7, 11) is 3.13. The Bertz CT molecular complexity index is 827. The monoisotopic (exact) mass is 398 g/mol. The molecule has 0 bridgehead atoms. The van der Waals surface area contributed by atoms with Gasteiger partial charge in [-0.1, -0.05) is 19.2 Å². The van der Waals surface area contributed by atoms with Gasteiger partial charge in [-0.3, -0.25) is 9.79 Å². The van der Waals surface area contributed by atoms with E-state index in [2.05, 4.69) is 33.8 Å². The third kappa shape index (κ3) is 5.96. The summed E-state index contributed by atoms with van der Waals surface area (Å²) in [5.41, 5.74) is 2.72. The number of carbonyl (C=O) groups excluding carboxylic acids is 1. The maximum Gasteiger partial charge on any atom is 0.255 e. The van der Waals surface area contributed by atoms with E-state index in [1.165, 1.54) is 0 Å². The van der Waals surface area contributed by atoms with Crippen LogP contribution in [0.4, 0.5) is 5.69 Å². The van der Waals surface area contributed by atoms with Gasteiger partial charge < -0.3 is 25.1 Å². The van der Waals surface area contributed by atoms with Crippen molar-refractivity contribution in [3.63, 3.8) is 0 Å². The van der Waals surface area contributed by atoms with Crippen LogP contribution in [0.5, 0.6) is 0 Å². The zero-order valence-corrected chi connectivity index (χ0v) is 17.4. The van der Waals surface area contributed by atoms with Gasteiger partial charge in [0.15, 0.2) is 11.5 Å². The third-order valence-corrected chi connectivity index (χ3v) is 4.64. The highest BCUT2D eigenvalue weighted by Crippen LogP contribution is 2.25. The van der Waals surface area contributed by atoms with Crippen molar-refractivity contribution in [2.75, 3.05) is 27.3 Å². The van der Waals surface area contributed by atoms with Crippen molar-refractivity contribution < 1.29 is 14.3 Å². The van der Waals surface area contributed by atoms with E-state index in [0.717, 1.165) is 30.9 Å². The lowest BCUT2D eigenvalue weighted by Crippen LogP contribution is -2.36. The second-order valence-electron chi connectivity index (χ2n) is 6.59. The van der Waals surface area contributed by atoms with Crippen molar-refractivity contribution in [3.05, 3.63) is 66.4 Å². The number of hydrogen-bond donors (Lipinski definition) is 3. The quantitative estimate of drug-likeness (QED) is 0.321. The number of hydrogen-bond acceptors (Lipinski definition) is 5. The van der Waals surface area contributed by atoms with E-state index in [1.54, 1.807) is 38.6 Å². The summed E-state index contributed by atoms with van der Waals surface area (Å²) < 4.78 is 10.5. The molecule has 2 rings (SSSR count). The van der Waals surface area contributed by atoms with Crippen LogP contribution in [-0.2, 0) is 9.47 Å². The Hall–Kier alpha value is -3.06. The number of amides is 1. The molecule has 1 aromatic heterocycles. The van der Waals surface area contributed by atoms with E-state index in [1.807, 2.05) is 13.0 Å². The topological polar surface area (TPSA) is 87.7 Å². The van der Waals surface area contributed by atoms with Crippen molar-refractivity contribution in [2.45, 2.75) is 25.8 Å². The lowest BCUT2D eigenvalue weighted by Gasteiger charge is -2.11. The molecular formula is C22H30N4O3. The molecule has 1 fully saturated rings. The van der Waals surface area contributed by atoms with Crippen LogP contribution in [0.2, 0.25) is 0 Å². The summed E-state index contributed by atoms with van der Waals surface area (Å²) in [5, 5.41) is 6.30. The molecule has 1 atom stereocenters. The first-order valence-corrected chi connectivity index (χ1v) is 9.54. The highest BCUT2D eigenvalue weighted by molar-refractivity contribution is 6.03. The zero-order valence-electron chi connectivity index (χ0n) is 17.4. The number of carbonyl (C=O) groups is 1. The Morgan fingerprint density at radius 1 is 1.31 bits per heavy atom. The Balaban J connectivity index is 2.18. The van der Waals surface area contributed by atoms with Gasteiger partial charge in [0.25, 0.3) is 5.91 Å². The summed E-state index contributed by atoms with van der Waals surface area (Å²) in [5.74, 6) is 0.984. The molecular weight excluding hydrogens is 368 g/mol. The summed E-state index contributed by atoms with van der Waals surface area (Å²) in [6.07, 6.45) is 10.1. The Morgan fingerprint density at radius 2 is 2.07 bits per heavy atom. The van der Waals surface area contributed by atoms with E-state index in [0.29, 0.717) is 29.2 Å². The second kappa shape index (κ2) is 11.1. The molecule has 1 unspecified atom stereocenters. The fourth-order valence-corrected chi connectivity index (χ4v) is 3.02. The maximum absolute atomic E-state index is 12.7. The lowest BCUT2D eigenvalue weighted by atomic mass is 10.2. The van der Waals surface area contributed by atoms with Crippen LogP contribution in [0.15, 0.2) is 60.2 Å². The molecule has 3 N–H and O–H groups in total. The largest absolute Gasteiger partial charge is 0.493 e. The van der Waals surface area contributed by atoms with Gasteiger partial charge >= 0.3 is 0 Å². The Kier molecular flexibility index (Phi) is 8.48. The van der Waals surface area contributed by atoms with E-state index >= 15 is 0 Å². The number of aromatic amines is 1. The van der Waals surface area contributed by atoms with E-state index in [4.69, 9.17) is 9.47 Å². The summed E-state index contributed by atoms with van der Waals surface area (Å²) in [6.45, 7) is 11.2. The number of aromatic nitrogens is 1. The molecule has 0 saturated carbocycles. The Morgan fingerprint density at radius 3 is 2.66 bits per heavy atom. The molecule has 29 heavy (non-hydrogen) atoms. The minimum absolute atomic E-state index is 0.124. The van der Waals surface area contributed by atoms with E-state index in [9.17, 15) is 4.79 Å². The standard InChI is InChI=1S/C22H30N4O3/c1-6-16(9-8-10-20(29-5)19(7-2)28-4)25-21-15(3)24-14-18(21)22(27)26-17-11-12-23-13-17/h6-8,10,14,17,23-24H,1-2,9,11-13H2,3-5H3,(H,26,27)/b10-8-,20-19-,25-16?.